The van der Waals surface area contributed by atoms with Crippen molar-refractivity contribution in [2.75, 3.05) is 20.2 Å². The van der Waals surface area contributed by atoms with Gasteiger partial charge in [-0.05, 0) is 36.6 Å². The van der Waals surface area contributed by atoms with Crippen LogP contribution in [0.2, 0.25) is 0 Å². The Morgan fingerprint density at radius 1 is 1.53 bits per heavy atom. The maximum absolute atomic E-state index is 11.7. The molecular weight excluding hydrogens is 240 g/mol. The van der Waals surface area contributed by atoms with Crippen molar-refractivity contribution in [3.8, 4) is 0 Å². The molecule has 4 nitrogen and oxygen atoms in total. The monoisotopic (exact) mass is 262 g/mol. The zero-order chi connectivity index (χ0) is 13.8. The second-order valence-electron chi connectivity index (χ2n) is 4.90. The quantitative estimate of drug-likeness (QED) is 0.910. The summed E-state index contributed by atoms with van der Waals surface area (Å²) >= 11 is 0. The maximum atomic E-state index is 11.7. The lowest BCUT2D eigenvalue weighted by atomic mass is 9.92. The zero-order valence-electron chi connectivity index (χ0n) is 11.9. The fourth-order valence-corrected chi connectivity index (χ4v) is 2.63. The van der Waals surface area contributed by atoms with Gasteiger partial charge in [0, 0.05) is 13.1 Å². The molecule has 0 radical (unpaired) electrons. The number of fused-ring (bicyclic) bond motifs is 1. The minimum atomic E-state index is -0.241. The molecule has 0 bridgehead atoms. The standard InChI is InChI=1S/C15H22N2O2/c1-4-16-10-12-5-6-14-11(2)17(15(18)19-3)8-7-13(14)9-12/h5-6,9,11,16H,4,7-8,10H2,1-3H3. The highest BCUT2D eigenvalue weighted by Crippen LogP contribution is 2.30. The molecular formula is C15H22N2O2. The molecule has 1 aliphatic rings. The van der Waals surface area contributed by atoms with Crippen molar-refractivity contribution in [3.63, 3.8) is 0 Å². The molecule has 0 aromatic heterocycles. The Kier molecular flexibility index (Phi) is 4.43. The molecule has 1 atom stereocenters. The number of carbonyl (C=O) groups excluding carboxylic acids is 1. The molecule has 0 aliphatic carbocycles. The van der Waals surface area contributed by atoms with E-state index in [1.807, 2.05) is 0 Å². The molecule has 1 unspecified atom stereocenters. The normalized spacial score (nSPS) is 18.1. The van der Waals surface area contributed by atoms with Crippen molar-refractivity contribution in [2.45, 2.75) is 32.9 Å². The van der Waals surface area contributed by atoms with E-state index < -0.39 is 0 Å². The Balaban J connectivity index is 2.18. The van der Waals surface area contributed by atoms with Crippen molar-refractivity contribution < 1.29 is 9.53 Å². The molecule has 1 aromatic carbocycles. The van der Waals surface area contributed by atoms with Crippen molar-refractivity contribution in [1.29, 1.82) is 0 Å². The van der Waals surface area contributed by atoms with Gasteiger partial charge in [-0.2, -0.15) is 0 Å². The SMILES string of the molecule is CCNCc1ccc2c(c1)CCN(C(=O)OC)C2C. The molecule has 1 amide bonds. The van der Waals surface area contributed by atoms with Gasteiger partial charge in [-0.3, -0.25) is 0 Å². The van der Waals surface area contributed by atoms with Gasteiger partial charge in [0.05, 0.1) is 13.2 Å². The molecule has 104 valence electrons. The van der Waals surface area contributed by atoms with Crippen LogP contribution in [0.15, 0.2) is 18.2 Å². The van der Waals surface area contributed by atoms with Crippen LogP contribution in [0.25, 0.3) is 0 Å². The average Bonchev–Trinajstić information content (AvgIpc) is 2.44. The van der Waals surface area contributed by atoms with Crippen LogP contribution in [0.4, 0.5) is 4.79 Å². The Bertz CT molecular complexity index is 459. The van der Waals surface area contributed by atoms with Gasteiger partial charge in [0.25, 0.3) is 0 Å². The van der Waals surface area contributed by atoms with Crippen molar-refractivity contribution in [1.82, 2.24) is 10.2 Å². The zero-order valence-corrected chi connectivity index (χ0v) is 11.9. The number of benzene rings is 1. The van der Waals surface area contributed by atoms with Gasteiger partial charge in [-0.1, -0.05) is 25.1 Å². The van der Waals surface area contributed by atoms with Gasteiger partial charge in [-0.25, -0.2) is 4.79 Å². The number of hydrogen-bond acceptors (Lipinski definition) is 3. The number of ether oxygens (including phenoxy) is 1. The highest BCUT2D eigenvalue weighted by atomic mass is 16.5. The summed E-state index contributed by atoms with van der Waals surface area (Å²) in [7, 11) is 1.43. The van der Waals surface area contributed by atoms with E-state index in [-0.39, 0.29) is 12.1 Å². The number of nitrogens with one attached hydrogen (secondary N) is 1. The molecule has 0 saturated heterocycles. The molecule has 1 N–H and O–H groups in total. The third-order valence-corrected chi connectivity index (χ3v) is 3.74. The predicted octanol–water partition coefficient (Wildman–Crippen LogP) is 2.48. The topological polar surface area (TPSA) is 41.6 Å². The van der Waals surface area contributed by atoms with Crippen LogP contribution in [-0.4, -0.2) is 31.2 Å². The summed E-state index contributed by atoms with van der Waals surface area (Å²) in [5.41, 5.74) is 3.89. The summed E-state index contributed by atoms with van der Waals surface area (Å²) in [6, 6.07) is 6.62. The summed E-state index contributed by atoms with van der Waals surface area (Å²) in [6.45, 7) is 6.77. The number of rotatable bonds is 3. The van der Waals surface area contributed by atoms with Crippen LogP contribution < -0.4 is 5.32 Å². The fraction of sp³-hybridized carbons (Fsp3) is 0.533. The predicted molar refractivity (Wildman–Crippen MR) is 75.1 cm³/mol. The van der Waals surface area contributed by atoms with Gasteiger partial charge in [0.1, 0.15) is 0 Å². The number of nitrogens with zero attached hydrogens (tertiary/aromatic N) is 1. The van der Waals surface area contributed by atoms with E-state index in [1.165, 1.54) is 23.8 Å². The van der Waals surface area contributed by atoms with Gasteiger partial charge in [-0.15, -0.1) is 0 Å². The van der Waals surface area contributed by atoms with E-state index in [0.717, 1.165) is 26.1 Å². The first-order valence-corrected chi connectivity index (χ1v) is 6.84. The summed E-state index contributed by atoms with van der Waals surface area (Å²) in [5.74, 6) is 0. The summed E-state index contributed by atoms with van der Waals surface area (Å²) in [4.78, 5) is 13.5. The first-order valence-electron chi connectivity index (χ1n) is 6.84. The lowest BCUT2D eigenvalue weighted by Gasteiger charge is -2.34. The maximum Gasteiger partial charge on any atom is 0.409 e. The second-order valence-corrected chi connectivity index (χ2v) is 4.90. The van der Waals surface area contributed by atoms with Crippen LogP contribution in [-0.2, 0) is 17.7 Å². The summed E-state index contributed by atoms with van der Waals surface area (Å²) in [6.07, 6.45) is 0.657. The van der Waals surface area contributed by atoms with Crippen molar-refractivity contribution >= 4 is 6.09 Å². The molecule has 0 fully saturated rings. The summed E-state index contributed by atoms with van der Waals surface area (Å²) < 4.78 is 4.83. The second kappa shape index (κ2) is 6.06. The van der Waals surface area contributed by atoms with E-state index in [1.54, 1.807) is 4.90 Å². The number of hydrogen-bond donors (Lipinski definition) is 1. The van der Waals surface area contributed by atoms with Crippen LogP contribution in [0.1, 0.15) is 36.6 Å². The van der Waals surface area contributed by atoms with E-state index in [4.69, 9.17) is 4.74 Å². The third-order valence-electron chi connectivity index (χ3n) is 3.74. The molecule has 2 rings (SSSR count). The average molecular weight is 262 g/mol. The number of methoxy groups -OCH3 is 1. The Morgan fingerprint density at radius 3 is 3.00 bits per heavy atom. The van der Waals surface area contributed by atoms with E-state index in [2.05, 4.69) is 37.4 Å². The third kappa shape index (κ3) is 2.89. The summed E-state index contributed by atoms with van der Waals surface area (Å²) in [5, 5.41) is 3.33. The van der Waals surface area contributed by atoms with Gasteiger partial charge in [0.2, 0.25) is 0 Å². The van der Waals surface area contributed by atoms with Crippen LogP contribution in [0.5, 0.6) is 0 Å². The molecule has 1 aromatic rings. The lowest BCUT2D eigenvalue weighted by Crippen LogP contribution is -2.38. The van der Waals surface area contributed by atoms with Crippen LogP contribution in [0, 0.1) is 0 Å². The smallest absolute Gasteiger partial charge is 0.409 e. The first-order chi connectivity index (χ1) is 9.17. The Hall–Kier alpha value is -1.55. The molecule has 0 spiro atoms. The lowest BCUT2D eigenvalue weighted by molar-refractivity contribution is 0.105. The van der Waals surface area contributed by atoms with E-state index in [9.17, 15) is 4.79 Å². The Labute approximate surface area is 114 Å². The van der Waals surface area contributed by atoms with Crippen LogP contribution in [0.3, 0.4) is 0 Å². The largest absolute Gasteiger partial charge is 0.453 e. The van der Waals surface area contributed by atoms with Gasteiger partial charge >= 0.3 is 6.09 Å². The number of amides is 1. The first kappa shape index (κ1) is 13.9. The minimum absolute atomic E-state index is 0.0874. The van der Waals surface area contributed by atoms with Gasteiger partial charge < -0.3 is 15.0 Å². The Morgan fingerprint density at radius 2 is 2.32 bits per heavy atom. The van der Waals surface area contributed by atoms with Gasteiger partial charge in [0.15, 0.2) is 0 Å². The molecule has 1 aliphatic heterocycles. The molecule has 1 heterocycles. The van der Waals surface area contributed by atoms with E-state index in [0.29, 0.717) is 0 Å². The van der Waals surface area contributed by atoms with Crippen LogP contribution >= 0.6 is 0 Å². The molecule has 4 heteroatoms. The van der Waals surface area contributed by atoms with Crippen molar-refractivity contribution in [3.05, 3.63) is 34.9 Å². The highest BCUT2D eigenvalue weighted by Gasteiger charge is 2.28. The molecule has 0 saturated carbocycles. The fourth-order valence-electron chi connectivity index (χ4n) is 2.63. The molecule has 19 heavy (non-hydrogen) atoms. The highest BCUT2D eigenvalue weighted by molar-refractivity contribution is 5.68. The van der Waals surface area contributed by atoms with Crippen molar-refractivity contribution in [2.24, 2.45) is 0 Å². The van der Waals surface area contributed by atoms with E-state index >= 15 is 0 Å². The number of carbonyl (C=O) groups is 1. The minimum Gasteiger partial charge on any atom is -0.453 e.